The van der Waals surface area contributed by atoms with Gasteiger partial charge in [0.15, 0.2) is 0 Å². The zero-order valence-corrected chi connectivity index (χ0v) is 10.6. The van der Waals surface area contributed by atoms with E-state index in [1.165, 1.54) is 50.6 Å². The van der Waals surface area contributed by atoms with Gasteiger partial charge in [0.1, 0.15) is 0 Å². The minimum Gasteiger partial charge on any atom is -0.399 e. The molecule has 1 aromatic rings. The summed E-state index contributed by atoms with van der Waals surface area (Å²) in [6.07, 6.45) is 9.28. The SMILES string of the molecule is Nc1cccc(CCCCNC2CCCC2)c1. The summed E-state index contributed by atoms with van der Waals surface area (Å²) in [5.74, 6) is 0. The molecule has 2 rings (SSSR count). The molecule has 0 saturated heterocycles. The van der Waals surface area contributed by atoms with E-state index in [1.807, 2.05) is 12.1 Å². The van der Waals surface area contributed by atoms with Crippen LogP contribution in [0.5, 0.6) is 0 Å². The maximum absolute atomic E-state index is 5.76. The summed E-state index contributed by atoms with van der Waals surface area (Å²) >= 11 is 0. The molecule has 1 aromatic carbocycles. The van der Waals surface area contributed by atoms with Crippen LogP contribution >= 0.6 is 0 Å². The Hall–Kier alpha value is -1.02. The van der Waals surface area contributed by atoms with Crippen LogP contribution < -0.4 is 11.1 Å². The van der Waals surface area contributed by atoms with E-state index < -0.39 is 0 Å². The second-order valence-corrected chi connectivity index (χ2v) is 5.14. The average Bonchev–Trinajstić information content (AvgIpc) is 2.82. The smallest absolute Gasteiger partial charge is 0.0316 e. The monoisotopic (exact) mass is 232 g/mol. The number of unbranched alkanes of at least 4 members (excludes halogenated alkanes) is 1. The van der Waals surface area contributed by atoms with Crippen LogP contribution in [0.1, 0.15) is 44.1 Å². The highest BCUT2D eigenvalue weighted by Crippen LogP contribution is 2.17. The van der Waals surface area contributed by atoms with Gasteiger partial charge in [0.2, 0.25) is 0 Å². The average molecular weight is 232 g/mol. The fourth-order valence-electron chi connectivity index (χ4n) is 2.64. The Morgan fingerprint density at radius 3 is 2.76 bits per heavy atom. The quantitative estimate of drug-likeness (QED) is 0.584. The normalized spacial score (nSPS) is 16.5. The van der Waals surface area contributed by atoms with Crippen molar-refractivity contribution in [2.24, 2.45) is 0 Å². The minimum atomic E-state index is 0.808. The first-order valence-corrected chi connectivity index (χ1v) is 6.92. The number of rotatable bonds is 6. The van der Waals surface area contributed by atoms with Gasteiger partial charge in [-0.05, 0) is 56.3 Å². The van der Waals surface area contributed by atoms with E-state index in [9.17, 15) is 0 Å². The molecule has 0 amide bonds. The van der Waals surface area contributed by atoms with Crippen molar-refractivity contribution in [1.29, 1.82) is 0 Å². The Bertz CT molecular complexity index is 329. The molecule has 0 unspecified atom stereocenters. The van der Waals surface area contributed by atoms with Crippen molar-refractivity contribution in [2.75, 3.05) is 12.3 Å². The highest BCUT2D eigenvalue weighted by Gasteiger charge is 2.12. The van der Waals surface area contributed by atoms with Gasteiger partial charge < -0.3 is 11.1 Å². The lowest BCUT2D eigenvalue weighted by molar-refractivity contribution is 0.508. The number of benzene rings is 1. The van der Waals surface area contributed by atoms with Gasteiger partial charge in [-0.3, -0.25) is 0 Å². The molecule has 1 fully saturated rings. The molecule has 0 aliphatic heterocycles. The summed E-state index contributed by atoms with van der Waals surface area (Å²) in [5, 5.41) is 3.65. The van der Waals surface area contributed by atoms with Gasteiger partial charge >= 0.3 is 0 Å². The first kappa shape index (κ1) is 12.4. The van der Waals surface area contributed by atoms with Crippen molar-refractivity contribution in [2.45, 2.75) is 51.0 Å². The molecular formula is C15H24N2. The lowest BCUT2D eigenvalue weighted by Crippen LogP contribution is -2.26. The lowest BCUT2D eigenvalue weighted by atomic mass is 10.1. The third-order valence-electron chi connectivity index (χ3n) is 3.63. The molecule has 2 nitrogen and oxygen atoms in total. The molecule has 3 N–H and O–H groups in total. The summed E-state index contributed by atoms with van der Waals surface area (Å²) in [6.45, 7) is 1.17. The number of nitrogen functional groups attached to an aromatic ring is 1. The summed E-state index contributed by atoms with van der Waals surface area (Å²) < 4.78 is 0. The molecule has 0 spiro atoms. The van der Waals surface area contributed by atoms with Crippen LogP contribution in [-0.4, -0.2) is 12.6 Å². The summed E-state index contributed by atoms with van der Waals surface area (Å²) in [6, 6.07) is 9.06. The molecule has 0 heterocycles. The van der Waals surface area contributed by atoms with Crippen LogP contribution in [0.4, 0.5) is 5.69 Å². The number of nitrogens with one attached hydrogen (secondary N) is 1. The molecule has 0 atom stereocenters. The number of nitrogens with two attached hydrogens (primary N) is 1. The molecule has 94 valence electrons. The molecule has 1 aliphatic carbocycles. The molecule has 1 saturated carbocycles. The van der Waals surface area contributed by atoms with Crippen LogP contribution in [-0.2, 0) is 6.42 Å². The first-order valence-electron chi connectivity index (χ1n) is 6.92. The molecule has 0 bridgehead atoms. The summed E-state index contributed by atoms with van der Waals surface area (Å²) in [5.41, 5.74) is 8.01. The number of aryl methyl sites for hydroxylation is 1. The third-order valence-corrected chi connectivity index (χ3v) is 3.63. The zero-order valence-electron chi connectivity index (χ0n) is 10.6. The van der Waals surface area contributed by atoms with E-state index in [1.54, 1.807) is 0 Å². The van der Waals surface area contributed by atoms with Crippen LogP contribution in [0, 0.1) is 0 Å². The fraction of sp³-hybridized carbons (Fsp3) is 0.600. The molecule has 2 heteroatoms. The van der Waals surface area contributed by atoms with Crippen LogP contribution in [0.3, 0.4) is 0 Å². The Morgan fingerprint density at radius 2 is 2.00 bits per heavy atom. The van der Waals surface area contributed by atoms with Crippen molar-refractivity contribution in [3.8, 4) is 0 Å². The van der Waals surface area contributed by atoms with Crippen molar-refractivity contribution < 1.29 is 0 Å². The van der Waals surface area contributed by atoms with Crippen molar-refractivity contribution in [1.82, 2.24) is 5.32 Å². The Morgan fingerprint density at radius 1 is 1.18 bits per heavy atom. The van der Waals surface area contributed by atoms with Gasteiger partial charge in [0.25, 0.3) is 0 Å². The number of hydrogen-bond donors (Lipinski definition) is 2. The maximum Gasteiger partial charge on any atom is 0.0316 e. The molecule has 17 heavy (non-hydrogen) atoms. The molecule has 1 aliphatic rings. The van der Waals surface area contributed by atoms with Gasteiger partial charge in [0.05, 0.1) is 0 Å². The summed E-state index contributed by atoms with van der Waals surface area (Å²) in [7, 11) is 0. The van der Waals surface area contributed by atoms with Crippen molar-refractivity contribution in [3.63, 3.8) is 0 Å². The van der Waals surface area contributed by atoms with E-state index in [4.69, 9.17) is 5.73 Å². The van der Waals surface area contributed by atoms with E-state index in [-0.39, 0.29) is 0 Å². The predicted molar refractivity (Wildman–Crippen MR) is 74.1 cm³/mol. The topological polar surface area (TPSA) is 38.0 Å². The molecular weight excluding hydrogens is 208 g/mol. The van der Waals surface area contributed by atoms with Crippen LogP contribution in [0.15, 0.2) is 24.3 Å². The van der Waals surface area contributed by atoms with Crippen molar-refractivity contribution >= 4 is 5.69 Å². The van der Waals surface area contributed by atoms with E-state index >= 15 is 0 Å². The Labute approximate surface area is 105 Å². The third kappa shape index (κ3) is 4.39. The Balaban J connectivity index is 1.56. The van der Waals surface area contributed by atoms with Gasteiger partial charge in [-0.1, -0.05) is 25.0 Å². The predicted octanol–water partition coefficient (Wildman–Crippen LogP) is 3.12. The van der Waals surface area contributed by atoms with E-state index in [0.717, 1.165) is 18.2 Å². The van der Waals surface area contributed by atoms with Gasteiger partial charge in [-0.2, -0.15) is 0 Å². The number of hydrogen-bond acceptors (Lipinski definition) is 2. The minimum absolute atomic E-state index is 0.808. The summed E-state index contributed by atoms with van der Waals surface area (Å²) in [4.78, 5) is 0. The molecule has 0 radical (unpaired) electrons. The zero-order chi connectivity index (χ0) is 11.9. The van der Waals surface area contributed by atoms with Gasteiger partial charge in [-0.25, -0.2) is 0 Å². The highest BCUT2D eigenvalue weighted by molar-refractivity contribution is 5.40. The van der Waals surface area contributed by atoms with Crippen LogP contribution in [0.2, 0.25) is 0 Å². The number of anilines is 1. The lowest BCUT2D eigenvalue weighted by Gasteiger charge is -2.11. The highest BCUT2D eigenvalue weighted by atomic mass is 14.9. The second-order valence-electron chi connectivity index (χ2n) is 5.14. The fourth-order valence-corrected chi connectivity index (χ4v) is 2.64. The standard InChI is InChI=1S/C15H24N2/c16-14-8-5-7-13(12-14)6-3-4-11-17-15-9-1-2-10-15/h5,7-8,12,15,17H,1-4,6,9-11,16H2. The van der Waals surface area contributed by atoms with Crippen molar-refractivity contribution in [3.05, 3.63) is 29.8 Å². The van der Waals surface area contributed by atoms with Gasteiger partial charge in [0, 0.05) is 11.7 Å². The van der Waals surface area contributed by atoms with Gasteiger partial charge in [-0.15, -0.1) is 0 Å². The van der Waals surface area contributed by atoms with Crippen LogP contribution in [0.25, 0.3) is 0 Å². The van der Waals surface area contributed by atoms with E-state index in [2.05, 4.69) is 17.4 Å². The second kappa shape index (κ2) is 6.65. The first-order chi connectivity index (χ1) is 8.34. The molecule has 0 aromatic heterocycles. The van der Waals surface area contributed by atoms with E-state index in [0.29, 0.717) is 0 Å². The maximum atomic E-state index is 5.76. The largest absolute Gasteiger partial charge is 0.399 e. The Kier molecular flexibility index (Phi) is 4.87.